The van der Waals surface area contributed by atoms with Crippen LogP contribution in [0.2, 0.25) is 0 Å². The molecule has 6 heteroatoms. The molecule has 1 aromatic rings. The zero-order valence-electron chi connectivity index (χ0n) is 14.5. The van der Waals surface area contributed by atoms with Crippen molar-refractivity contribution in [1.82, 2.24) is 5.32 Å². The fraction of sp³-hybridized carbons (Fsp3) is 0.421. The van der Waals surface area contributed by atoms with Crippen molar-refractivity contribution in [3.63, 3.8) is 0 Å². The van der Waals surface area contributed by atoms with Gasteiger partial charge in [0.15, 0.2) is 0 Å². The molecule has 0 bridgehead atoms. The average molecular weight is 347 g/mol. The van der Waals surface area contributed by atoms with Crippen LogP contribution in [0, 0.1) is 0 Å². The van der Waals surface area contributed by atoms with E-state index in [1.807, 2.05) is 6.08 Å². The number of rotatable bonds is 11. The first-order valence-corrected chi connectivity index (χ1v) is 8.37. The largest absolute Gasteiger partial charge is 0.480 e. The Bertz CT molecular complexity index is 612. The van der Waals surface area contributed by atoms with Gasteiger partial charge in [0.1, 0.15) is 11.8 Å². The maximum absolute atomic E-state index is 12.2. The predicted octanol–water partition coefficient (Wildman–Crippen LogP) is 3.32. The zero-order chi connectivity index (χ0) is 18.7. The number of carboxylic acids is 1. The van der Waals surface area contributed by atoms with Gasteiger partial charge in [-0.25, -0.2) is 4.79 Å². The number of unbranched alkanes of at least 4 members (excludes halogenated alkanes) is 4. The van der Waals surface area contributed by atoms with Crippen LogP contribution in [0.25, 0.3) is 0 Å². The fourth-order valence-corrected chi connectivity index (χ4v) is 2.36. The molecule has 25 heavy (non-hydrogen) atoms. The van der Waals surface area contributed by atoms with Crippen LogP contribution in [0.15, 0.2) is 36.9 Å². The van der Waals surface area contributed by atoms with E-state index in [0.717, 1.165) is 32.1 Å². The van der Waals surface area contributed by atoms with Gasteiger partial charge < -0.3 is 15.2 Å². The van der Waals surface area contributed by atoms with Gasteiger partial charge >= 0.3 is 11.9 Å². The molecule has 0 heterocycles. The molecule has 0 unspecified atom stereocenters. The van der Waals surface area contributed by atoms with Crippen LogP contribution >= 0.6 is 0 Å². The summed E-state index contributed by atoms with van der Waals surface area (Å²) in [7, 11) is 0. The topological polar surface area (TPSA) is 92.7 Å². The summed E-state index contributed by atoms with van der Waals surface area (Å²) in [5.74, 6) is -1.81. The summed E-state index contributed by atoms with van der Waals surface area (Å²) in [6.07, 6.45) is 6.88. The van der Waals surface area contributed by atoms with E-state index in [-0.39, 0.29) is 11.3 Å². The van der Waals surface area contributed by atoms with Crippen molar-refractivity contribution in [2.75, 3.05) is 0 Å². The number of allylic oxidation sites excluding steroid dienone is 1. The van der Waals surface area contributed by atoms with Crippen molar-refractivity contribution < 1.29 is 24.2 Å². The second kappa shape index (κ2) is 11.0. The summed E-state index contributed by atoms with van der Waals surface area (Å²) < 4.78 is 4.93. The van der Waals surface area contributed by atoms with Crippen molar-refractivity contribution in [3.8, 4) is 5.75 Å². The van der Waals surface area contributed by atoms with Crippen LogP contribution in [0.5, 0.6) is 5.75 Å². The van der Waals surface area contributed by atoms with Crippen molar-refractivity contribution in [1.29, 1.82) is 0 Å². The molecule has 1 amide bonds. The summed E-state index contributed by atoms with van der Waals surface area (Å²) >= 11 is 0. The van der Waals surface area contributed by atoms with E-state index in [1.165, 1.54) is 19.1 Å². The highest BCUT2D eigenvalue weighted by atomic mass is 16.5. The Labute approximate surface area is 147 Å². The first kappa shape index (κ1) is 20.4. The Balaban J connectivity index is 2.56. The number of benzene rings is 1. The van der Waals surface area contributed by atoms with Crippen molar-refractivity contribution >= 4 is 17.8 Å². The number of aliphatic carboxylic acids is 1. The zero-order valence-corrected chi connectivity index (χ0v) is 14.5. The molecular weight excluding hydrogens is 322 g/mol. The van der Waals surface area contributed by atoms with Crippen LogP contribution in [-0.4, -0.2) is 29.0 Å². The number of hydrogen-bond donors (Lipinski definition) is 2. The second-order valence-corrected chi connectivity index (χ2v) is 5.77. The Morgan fingerprint density at radius 1 is 1.24 bits per heavy atom. The molecule has 0 aromatic heterocycles. The lowest BCUT2D eigenvalue weighted by Gasteiger charge is -2.15. The third-order valence-electron chi connectivity index (χ3n) is 3.61. The standard InChI is InChI=1S/C19H25NO5/c1-3-4-5-6-7-8-12-17(19(23)24)20-18(22)15-10-9-11-16(13-15)25-14(2)21/h3,9-11,13,17H,1,4-8,12H2,2H3,(H,20,22)(H,23,24)/t17-/m0/s1. The molecule has 0 spiro atoms. The monoisotopic (exact) mass is 347 g/mol. The summed E-state index contributed by atoms with van der Waals surface area (Å²) in [5.41, 5.74) is 0.246. The Kier molecular flexibility index (Phi) is 9.00. The molecule has 1 aromatic carbocycles. The summed E-state index contributed by atoms with van der Waals surface area (Å²) in [5, 5.41) is 11.8. The van der Waals surface area contributed by atoms with Crippen LogP contribution in [-0.2, 0) is 9.59 Å². The smallest absolute Gasteiger partial charge is 0.326 e. The molecule has 0 fully saturated rings. The number of carbonyl (C=O) groups is 3. The van der Waals surface area contributed by atoms with Crippen LogP contribution in [0.1, 0.15) is 55.8 Å². The Hall–Kier alpha value is -2.63. The average Bonchev–Trinajstić information content (AvgIpc) is 2.56. The molecule has 0 aliphatic rings. The van der Waals surface area contributed by atoms with Gasteiger partial charge in [-0.15, -0.1) is 6.58 Å². The van der Waals surface area contributed by atoms with Gasteiger partial charge in [0, 0.05) is 12.5 Å². The molecular formula is C19H25NO5. The number of nitrogens with one attached hydrogen (secondary N) is 1. The molecule has 0 saturated carbocycles. The lowest BCUT2D eigenvalue weighted by molar-refractivity contribution is -0.139. The normalized spacial score (nSPS) is 11.4. The minimum absolute atomic E-state index is 0.245. The van der Waals surface area contributed by atoms with Gasteiger partial charge in [0.2, 0.25) is 0 Å². The van der Waals surface area contributed by atoms with E-state index >= 15 is 0 Å². The Morgan fingerprint density at radius 3 is 2.60 bits per heavy atom. The number of amides is 1. The molecule has 2 N–H and O–H groups in total. The highest BCUT2D eigenvalue weighted by Crippen LogP contribution is 2.14. The molecule has 0 saturated heterocycles. The number of carboxylic acid groups (broad SMARTS) is 1. The van der Waals surface area contributed by atoms with Crippen LogP contribution < -0.4 is 10.1 Å². The van der Waals surface area contributed by atoms with Crippen molar-refractivity contribution in [2.45, 2.75) is 51.5 Å². The van der Waals surface area contributed by atoms with Gasteiger partial charge in [-0.05, 0) is 37.5 Å². The third-order valence-corrected chi connectivity index (χ3v) is 3.61. The van der Waals surface area contributed by atoms with E-state index in [2.05, 4.69) is 11.9 Å². The van der Waals surface area contributed by atoms with Crippen LogP contribution in [0.3, 0.4) is 0 Å². The van der Waals surface area contributed by atoms with E-state index in [4.69, 9.17) is 4.74 Å². The molecule has 6 nitrogen and oxygen atoms in total. The summed E-state index contributed by atoms with van der Waals surface area (Å²) in [4.78, 5) is 34.6. The van der Waals surface area contributed by atoms with E-state index in [1.54, 1.807) is 12.1 Å². The van der Waals surface area contributed by atoms with E-state index < -0.39 is 23.9 Å². The van der Waals surface area contributed by atoms with Gasteiger partial charge in [-0.1, -0.05) is 31.4 Å². The summed E-state index contributed by atoms with van der Waals surface area (Å²) in [6, 6.07) is 5.13. The quantitative estimate of drug-likeness (QED) is 0.277. The molecule has 0 radical (unpaired) electrons. The number of carbonyl (C=O) groups excluding carboxylic acids is 2. The lowest BCUT2D eigenvalue weighted by atomic mass is 10.1. The number of ether oxygens (including phenoxy) is 1. The molecule has 0 aliphatic carbocycles. The maximum atomic E-state index is 12.2. The maximum Gasteiger partial charge on any atom is 0.326 e. The van der Waals surface area contributed by atoms with E-state index in [9.17, 15) is 19.5 Å². The Morgan fingerprint density at radius 2 is 1.96 bits per heavy atom. The molecule has 136 valence electrons. The van der Waals surface area contributed by atoms with Crippen molar-refractivity contribution in [2.24, 2.45) is 0 Å². The predicted molar refractivity (Wildman–Crippen MR) is 94.5 cm³/mol. The molecule has 1 rings (SSSR count). The van der Waals surface area contributed by atoms with Crippen LogP contribution in [0.4, 0.5) is 0 Å². The lowest BCUT2D eigenvalue weighted by Crippen LogP contribution is -2.40. The van der Waals surface area contributed by atoms with Gasteiger partial charge in [-0.2, -0.15) is 0 Å². The van der Waals surface area contributed by atoms with Crippen molar-refractivity contribution in [3.05, 3.63) is 42.5 Å². The first-order valence-electron chi connectivity index (χ1n) is 8.37. The second-order valence-electron chi connectivity index (χ2n) is 5.77. The molecule has 0 aliphatic heterocycles. The number of hydrogen-bond acceptors (Lipinski definition) is 4. The van der Waals surface area contributed by atoms with E-state index in [0.29, 0.717) is 6.42 Å². The summed E-state index contributed by atoms with van der Waals surface area (Å²) in [6.45, 7) is 4.93. The minimum atomic E-state index is -1.06. The molecule has 1 atom stereocenters. The third kappa shape index (κ3) is 8.15. The van der Waals surface area contributed by atoms with Gasteiger partial charge in [0.25, 0.3) is 5.91 Å². The fourth-order valence-electron chi connectivity index (χ4n) is 2.36. The number of esters is 1. The first-order chi connectivity index (χ1) is 11.9. The highest BCUT2D eigenvalue weighted by Gasteiger charge is 2.20. The SMILES string of the molecule is C=CCCCCCC[C@H](NC(=O)c1cccc(OC(C)=O)c1)C(=O)O. The highest BCUT2D eigenvalue weighted by molar-refractivity contribution is 5.97. The van der Waals surface area contributed by atoms with Gasteiger partial charge in [0.05, 0.1) is 0 Å². The minimum Gasteiger partial charge on any atom is -0.480 e. The van der Waals surface area contributed by atoms with Gasteiger partial charge in [-0.3, -0.25) is 9.59 Å².